The summed E-state index contributed by atoms with van der Waals surface area (Å²) in [4.78, 5) is 2.34. The Kier molecular flexibility index (Phi) is 6.62. The average Bonchev–Trinajstić information content (AvgIpc) is 3.10. The number of nitrogens with zero attached hydrogens (tertiary/aromatic N) is 1. The minimum atomic E-state index is -0.366. The zero-order valence-electron chi connectivity index (χ0n) is 15.1. The molecule has 3 nitrogen and oxygen atoms in total. The molecule has 0 amide bonds. The zero-order chi connectivity index (χ0) is 17.5. The van der Waals surface area contributed by atoms with E-state index in [1.165, 1.54) is 16.7 Å². The van der Waals surface area contributed by atoms with Crippen LogP contribution < -0.4 is 0 Å². The number of hydrogen-bond donors (Lipinski definition) is 1. The predicted molar refractivity (Wildman–Crippen MR) is 102 cm³/mol. The van der Waals surface area contributed by atoms with E-state index >= 15 is 0 Å². The third-order valence-electron chi connectivity index (χ3n) is 4.80. The Morgan fingerprint density at radius 1 is 1.08 bits per heavy atom. The van der Waals surface area contributed by atoms with Crippen molar-refractivity contribution in [1.82, 2.24) is 4.90 Å². The minimum Gasteiger partial charge on any atom is -0.391 e. The molecule has 2 aromatic carbocycles. The smallest absolute Gasteiger partial charge is 0.0707 e. The van der Waals surface area contributed by atoms with E-state index in [0.29, 0.717) is 19.1 Å². The van der Waals surface area contributed by atoms with Crippen LogP contribution >= 0.6 is 0 Å². The Bertz CT molecular complexity index is 620. The van der Waals surface area contributed by atoms with E-state index in [-0.39, 0.29) is 6.10 Å². The molecule has 2 aromatic rings. The van der Waals surface area contributed by atoms with Crippen LogP contribution in [0, 0.1) is 6.92 Å². The molecular weight excluding hydrogens is 310 g/mol. The zero-order valence-corrected chi connectivity index (χ0v) is 15.1. The van der Waals surface area contributed by atoms with Crippen LogP contribution in [-0.2, 0) is 17.7 Å². The summed E-state index contributed by atoms with van der Waals surface area (Å²) in [5.74, 6) is 0. The van der Waals surface area contributed by atoms with Crippen LogP contribution in [0.15, 0.2) is 54.6 Å². The van der Waals surface area contributed by atoms with E-state index < -0.39 is 0 Å². The van der Waals surface area contributed by atoms with Gasteiger partial charge in [-0.1, -0.05) is 60.2 Å². The van der Waals surface area contributed by atoms with Crippen LogP contribution in [0.1, 0.15) is 29.5 Å². The first-order chi connectivity index (χ1) is 12.2. The van der Waals surface area contributed by atoms with Crippen molar-refractivity contribution < 1.29 is 9.84 Å². The number of ether oxygens (including phenoxy) is 1. The van der Waals surface area contributed by atoms with Crippen molar-refractivity contribution in [2.45, 2.75) is 44.9 Å². The van der Waals surface area contributed by atoms with Gasteiger partial charge in [-0.2, -0.15) is 0 Å². The summed E-state index contributed by atoms with van der Waals surface area (Å²) in [7, 11) is 0. The van der Waals surface area contributed by atoms with Gasteiger partial charge in [0.15, 0.2) is 0 Å². The maximum Gasteiger partial charge on any atom is 0.0707 e. The number of benzene rings is 2. The summed E-state index contributed by atoms with van der Waals surface area (Å²) in [5, 5.41) is 10.6. The van der Waals surface area contributed by atoms with E-state index in [4.69, 9.17) is 4.74 Å². The highest BCUT2D eigenvalue weighted by Crippen LogP contribution is 2.16. The van der Waals surface area contributed by atoms with E-state index in [9.17, 15) is 5.11 Å². The SMILES string of the molecule is Cc1ccc(CN(C[C@H](O)Cc2ccccc2)C[C@H]2CCCO2)cc1. The summed E-state index contributed by atoms with van der Waals surface area (Å²) < 4.78 is 5.82. The van der Waals surface area contributed by atoms with Gasteiger partial charge in [0.2, 0.25) is 0 Å². The van der Waals surface area contributed by atoms with E-state index in [2.05, 4.69) is 48.2 Å². The fourth-order valence-corrected chi connectivity index (χ4v) is 3.48. The molecule has 0 aromatic heterocycles. The van der Waals surface area contributed by atoms with Gasteiger partial charge in [0.1, 0.15) is 0 Å². The van der Waals surface area contributed by atoms with Gasteiger partial charge in [0.25, 0.3) is 0 Å². The lowest BCUT2D eigenvalue weighted by molar-refractivity contribution is 0.0464. The molecule has 3 heteroatoms. The van der Waals surface area contributed by atoms with E-state index in [1.807, 2.05) is 18.2 Å². The Morgan fingerprint density at radius 3 is 2.52 bits per heavy atom. The highest BCUT2D eigenvalue weighted by molar-refractivity contribution is 5.21. The van der Waals surface area contributed by atoms with Crippen molar-refractivity contribution in [3.8, 4) is 0 Å². The van der Waals surface area contributed by atoms with Gasteiger partial charge in [-0.05, 0) is 37.3 Å². The van der Waals surface area contributed by atoms with Crippen LogP contribution in [0.5, 0.6) is 0 Å². The Balaban J connectivity index is 1.61. The molecule has 0 saturated carbocycles. The topological polar surface area (TPSA) is 32.7 Å². The number of hydrogen-bond acceptors (Lipinski definition) is 3. The van der Waals surface area contributed by atoms with Gasteiger partial charge in [-0.15, -0.1) is 0 Å². The Morgan fingerprint density at radius 2 is 1.84 bits per heavy atom. The number of aliphatic hydroxyl groups excluding tert-OH is 1. The van der Waals surface area contributed by atoms with E-state index in [0.717, 1.165) is 32.5 Å². The predicted octanol–water partition coefficient (Wildman–Crippen LogP) is 3.58. The molecule has 1 fully saturated rings. The second kappa shape index (κ2) is 9.14. The van der Waals surface area contributed by atoms with Gasteiger partial charge >= 0.3 is 0 Å². The monoisotopic (exact) mass is 339 g/mol. The Labute approximate surface area is 151 Å². The standard InChI is InChI=1S/C22H29NO2/c1-18-9-11-20(12-10-18)15-23(17-22-8-5-13-25-22)16-21(24)14-19-6-3-2-4-7-19/h2-4,6-7,9-12,21-22,24H,5,8,13-17H2,1H3/t21-,22-/m1/s1. The normalized spacial score (nSPS) is 18.6. The summed E-state index contributed by atoms with van der Waals surface area (Å²) in [5.41, 5.74) is 3.75. The highest BCUT2D eigenvalue weighted by atomic mass is 16.5. The molecule has 0 radical (unpaired) electrons. The molecule has 0 spiro atoms. The van der Waals surface area contributed by atoms with Crippen LogP contribution in [0.25, 0.3) is 0 Å². The van der Waals surface area contributed by atoms with Crippen molar-refractivity contribution in [2.24, 2.45) is 0 Å². The quantitative estimate of drug-likeness (QED) is 0.798. The maximum absolute atomic E-state index is 10.6. The first-order valence-corrected chi connectivity index (χ1v) is 9.30. The van der Waals surface area contributed by atoms with Crippen LogP contribution in [-0.4, -0.2) is 41.9 Å². The molecule has 134 valence electrons. The summed E-state index contributed by atoms with van der Waals surface area (Å²) in [6.45, 7) is 5.39. The van der Waals surface area contributed by atoms with E-state index in [1.54, 1.807) is 0 Å². The van der Waals surface area contributed by atoms with Gasteiger partial charge in [0.05, 0.1) is 12.2 Å². The summed E-state index contributed by atoms with van der Waals surface area (Å²) in [6.07, 6.45) is 2.90. The lowest BCUT2D eigenvalue weighted by Gasteiger charge is -2.27. The van der Waals surface area contributed by atoms with Gasteiger partial charge in [-0.25, -0.2) is 0 Å². The molecule has 0 unspecified atom stereocenters. The third kappa shape index (κ3) is 5.96. The van der Waals surface area contributed by atoms with Crippen LogP contribution in [0.3, 0.4) is 0 Å². The molecule has 1 saturated heterocycles. The van der Waals surface area contributed by atoms with Crippen LogP contribution in [0.2, 0.25) is 0 Å². The number of rotatable bonds is 8. The molecule has 1 heterocycles. The first kappa shape index (κ1) is 18.1. The van der Waals surface area contributed by atoms with Crippen molar-refractivity contribution >= 4 is 0 Å². The third-order valence-corrected chi connectivity index (χ3v) is 4.80. The first-order valence-electron chi connectivity index (χ1n) is 9.30. The lowest BCUT2D eigenvalue weighted by Crippen LogP contribution is -2.38. The molecule has 1 aliphatic heterocycles. The molecule has 1 N–H and O–H groups in total. The highest BCUT2D eigenvalue weighted by Gasteiger charge is 2.21. The van der Waals surface area contributed by atoms with Gasteiger partial charge < -0.3 is 9.84 Å². The van der Waals surface area contributed by atoms with Crippen molar-refractivity contribution in [3.63, 3.8) is 0 Å². The fraction of sp³-hybridized carbons (Fsp3) is 0.455. The molecule has 2 atom stereocenters. The van der Waals surface area contributed by atoms with Gasteiger partial charge in [0, 0.05) is 26.2 Å². The molecule has 1 aliphatic rings. The van der Waals surface area contributed by atoms with Gasteiger partial charge in [-0.3, -0.25) is 4.90 Å². The summed E-state index contributed by atoms with van der Waals surface area (Å²) >= 11 is 0. The summed E-state index contributed by atoms with van der Waals surface area (Å²) in [6, 6.07) is 18.9. The molecule has 3 rings (SSSR count). The second-order valence-corrected chi connectivity index (χ2v) is 7.16. The van der Waals surface area contributed by atoms with Crippen molar-refractivity contribution in [1.29, 1.82) is 0 Å². The number of aliphatic hydroxyl groups is 1. The lowest BCUT2D eigenvalue weighted by atomic mass is 10.1. The average molecular weight is 339 g/mol. The van der Waals surface area contributed by atoms with Crippen molar-refractivity contribution in [2.75, 3.05) is 19.7 Å². The largest absolute Gasteiger partial charge is 0.391 e. The molecule has 0 aliphatic carbocycles. The van der Waals surface area contributed by atoms with Crippen molar-refractivity contribution in [3.05, 3.63) is 71.3 Å². The maximum atomic E-state index is 10.6. The second-order valence-electron chi connectivity index (χ2n) is 7.16. The molecule has 0 bridgehead atoms. The fourth-order valence-electron chi connectivity index (χ4n) is 3.48. The molecule has 25 heavy (non-hydrogen) atoms. The van der Waals surface area contributed by atoms with Crippen LogP contribution in [0.4, 0.5) is 0 Å². The Hall–Kier alpha value is -1.68. The number of aryl methyl sites for hydroxylation is 1. The molecular formula is C22H29NO2. The minimum absolute atomic E-state index is 0.300.